The Morgan fingerprint density at radius 3 is 2.31 bits per heavy atom. The van der Waals surface area contributed by atoms with E-state index < -0.39 is 17.9 Å². The van der Waals surface area contributed by atoms with Crippen molar-refractivity contribution in [1.82, 2.24) is 9.55 Å². The molecule has 0 N–H and O–H groups in total. The van der Waals surface area contributed by atoms with Crippen molar-refractivity contribution in [3.8, 4) is 17.2 Å². The van der Waals surface area contributed by atoms with Crippen LogP contribution in [0.2, 0.25) is 0 Å². The van der Waals surface area contributed by atoms with E-state index in [1.807, 2.05) is 28.8 Å². The number of nitrogens with zero attached hydrogens (tertiary/aromatic N) is 3. The minimum Gasteiger partial charge on any atom is -0.493 e. The summed E-state index contributed by atoms with van der Waals surface area (Å²) in [6, 6.07) is 10.5. The van der Waals surface area contributed by atoms with Crippen LogP contribution in [0.15, 0.2) is 36.4 Å². The number of unbranched alkanes of at least 4 members (excludes halogenated alkanes) is 2. The molecule has 2 heterocycles. The molecule has 2 aromatic carbocycles. The minimum atomic E-state index is -1.11. The lowest BCUT2D eigenvalue weighted by Crippen LogP contribution is -2.50. The van der Waals surface area contributed by atoms with Crippen LogP contribution < -0.4 is 19.1 Å². The van der Waals surface area contributed by atoms with Crippen LogP contribution in [-0.4, -0.2) is 55.9 Å². The Morgan fingerprint density at radius 1 is 1.00 bits per heavy atom. The van der Waals surface area contributed by atoms with Gasteiger partial charge in [-0.1, -0.05) is 31.9 Å². The number of amides is 1. The van der Waals surface area contributed by atoms with E-state index in [4.69, 9.17) is 23.9 Å². The SMILES string of the molecule is CCCCCN1C(=O)[C@H](C(=O)OCC)[C@H](c2cc(OC)c(OC)c(OC)c2)n2c1nc1ccccc12. The summed E-state index contributed by atoms with van der Waals surface area (Å²) in [6.45, 7) is 4.47. The third kappa shape index (κ3) is 4.34. The quantitative estimate of drug-likeness (QED) is 0.234. The van der Waals surface area contributed by atoms with E-state index >= 15 is 0 Å². The number of hydrogen-bond acceptors (Lipinski definition) is 7. The largest absolute Gasteiger partial charge is 0.493 e. The molecule has 0 bridgehead atoms. The van der Waals surface area contributed by atoms with Crippen LogP contribution >= 0.6 is 0 Å². The number of carbonyl (C=O) groups excluding carboxylic acids is 2. The van der Waals surface area contributed by atoms with Gasteiger partial charge in [0.25, 0.3) is 0 Å². The van der Waals surface area contributed by atoms with Gasteiger partial charge in [0.05, 0.1) is 45.0 Å². The maximum absolute atomic E-state index is 14.0. The van der Waals surface area contributed by atoms with Crippen LogP contribution in [0.5, 0.6) is 17.2 Å². The molecule has 1 aliphatic heterocycles. The zero-order chi connectivity index (χ0) is 25.8. The first-order chi connectivity index (χ1) is 17.5. The van der Waals surface area contributed by atoms with Gasteiger partial charge in [-0.2, -0.15) is 0 Å². The third-order valence-electron chi connectivity index (χ3n) is 6.50. The fraction of sp³-hybridized carbons (Fsp3) is 0.444. The van der Waals surface area contributed by atoms with Gasteiger partial charge in [-0.15, -0.1) is 0 Å². The first-order valence-corrected chi connectivity index (χ1v) is 12.2. The Balaban J connectivity index is 2.00. The third-order valence-corrected chi connectivity index (χ3v) is 6.50. The van der Waals surface area contributed by atoms with Crippen molar-refractivity contribution in [2.24, 2.45) is 5.92 Å². The summed E-state index contributed by atoms with van der Waals surface area (Å²) >= 11 is 0. The van der Waals surface area contributed by atoms with E-state index in [-0.39, 0.29) is 12.5 Å². The minimum absolute atomic E-state index is 0.165. The van der Waals surface area contributed by atoms with Crippen molar-refractivity contribution >= 4 is 28.9 Å². The predicted octanol–water partition coefficient (Wildman–Crippen LogP) is 4.37. The van der Waals surface area contributed by atoms with Crippen molar-refractivity contribution in [3.63, 3.8) is 0 Å². The van der Waals surface area contributed by atoms with Gasteiger partial charge < -0.3 is 23.5 Å². The molecule has 36 heavy (non-hydrogen) atoms. The first-order valence-electron chi connectivity index (χ1n) is 12.2. The molecule has 0 aliphatic carbocycles. The second kappa shape index (κ2) is 10.9. The summed E-state index contributed by atoms with van der Waals surface area (Å²) in [5, 5.41) is 0. The maximum atomic E-state index is 14.0. The number of methoxy groups -OCH3 is 3. The van der Waals surface area contributed by atoms with Gasteiger partial charge in [0.1, 0.15) is 0 Å². The monoisotopic (exact) mass is 495 g/mol. The number of carbonyl (C=O) groups is 2. The highest BCUT2D eigenvalue weighted by molar-refractivity contribution is 6.08. The number of aromatic nitrogens is 2. The number of rotatable bonds is 10. The van der Waals surface area contributed by atoms with Gasteiger partial charge >= 0.3 is 5.97 Å². The molecule has 0 unspecified atom stereocenters. The zero-order valence-electron chi connectivity index (χ0n) is 21.4. The summed E-state index contributed by atoms with van der Waals surface area (Å²) in [7, 11) is 4.59. The number of para-hydroxylation sites is 2. The smallest absolute Gasteiger partial charge is 0.321 e. The summed E-state index contributed by atoms with van der Waals surface area (Å²) in [5.41, 5.74) is 2.20. The Bertz CT molecular complexity index is 1230. The van der Waals surface area contributed by atoms with E-state index in [2.05, 4.69) is 6.92 Å². The van der Waals surface area contributed by atoms with Crippen molar-refractivity contribution in [2.75, 3.05) is 39.4 Å². The van der Waals surface area contributed by atoms with E-state index in [1.165, 1.54) is 21.3 Å². The lowest BCUT2D eigenvalue weighted by Gasteiger charge is -2.38. The van der Waals surface area contributed by atoms with Crippen molar-refractivity contribution in [3.05, 3.63) is 42.0 Å². The van der Waals surface area contributed by atoms with Crippen molar-refractivity contribution < 1.29 is 28.5 Å². The van der Waals surface area contributed by atoms with Crippen LogP contribution in [0.25, 0.3) is 11.0 Å². The number of ether oxygens (including phenoxy) is 4. The molecular formula is C27H33N3O6. The molecule has 4 rings (SSSR count). The average Bonchev–Trinajstić information content (AvgIpc) is 3.27. The molecule has 3 aromatic rings. The molecule has 9 nitrogen and oxygen atoms in total. The van der Waals surface area contributed by atoms with Gasteiger partial charge in [-0.05, 0) is 43.2 Å². The Labute approximate surface area is 210 Å². The average molecular weight is 496 g/mol. The Hall–Kier alpha value is -3.75. The lowest BCUT2D eigenvalue weighted by molar-refractivity contribution is -0.153. The molecule has 0 fully saturated rings. The molecule has 0 radical (unpaired) electrons. The van der Waals surface area contributed by atoms with Crippen LogP contribution in [0.4, 0.5) is 5.95 Å². The number of esters is 1. The molecule has 0 saturated heterocycles. The molecule has 1 aliphatic rings. The van der Waals surface area contributed by atoms with E-state index in [1.54, 1.807) is 24.0 Å². The standard InChI is InChI=1S/C27H33N3O6/c1-6-8-11-14-29-25(31)22(26(32)36-7-2)23(30-19-13-10-9-12-18(19)28-27(29)30)17-15-20(33-3)24(35-5)21(16-17)34-4/h9-10,12-13,15-16,22-23H,6-8,11,14H2,1-5H3/t22-,23+/m1/s1. The summed E-state index contributed by atoms with van der Waals surface area (Å²) < 4.78 is 24.1. The highest BCUT2D eigenvalue weighted by Crippen LogP contribution is 2.46. The number of imidazole rings is 1. The van der Waals surface area contributed by atoms with Gasteiger partial charge in [-0.3, -0.25) is 14.5 Å². The normalized spacial score (nSPS) is 17.1. The van der Waals surface area contributed by atoms with Gasteiger partial charge in [0, 0.05) is 6.54 Å². The van der Waals surface area contributed by atoms with Gasteiger partial charge in [-0.25, -0.2) is 4.98 Å². The highest BCUT2D eigenvalue weighted by Gasteiger charge is 2.48. The van der Waals surface area contributed by atoms with Crippen LogP contribution in [-0.2, 0) is 14.3 Å². The Morgan fingerprint density at radius 2 is 1.69 bits per heavy atom. The van der Waals surface area contributed by atoms with Gasteiger partial charge in [0.15, 0.2) is 17.4 Å². The number of hydrogen-bond donors (Lipinski definition) is 0. The van der Waals surface area contributed by atoms with Crippen LogP contribution in [0.1, 0.15) is 44.7 Å². The maximum Gasteiger partial charge on any atom is 0.321 e. The predicted molar refractivity (Wildman–Crippen MR) is 136 cm³/mol. The fourth-order valence-corrected chi connectivity index (χ4v) is 4.85. The molecule has 1 aromatic heterocycles. The summed E-state index contributed by atoms with van der Waals surface area (Å²) in [4.78, 5) is 33.8. The number of fused-ring (bicyclic) bond motifs is 3. The second-order valence-corrected chi connectivity index (χ2v) is 8.60. The van der Waals surface area contributed by atoms with E-state index in [0.717, 1.165) is 30.3 Å². The lowest BCUT2D eigenvalue weighted by atomic mass is 9.88. The first kappa shape index (κ1) is 25.3. The molecular weight excluding hydrogens is 462 g/mol. The van der Waals surface area contributed by atoms with Crippen molar-refractivity contribution in [2.45, 2.75) is 39.2 Å². The Kier molecular flexibility index (Phi) is 7.67. The fourth-order valence-electron chi connectivity index (χ4n) is 4.85. The number of anilines is 1. The zero-order valence-corrected chi connectivity index (χ0v) is 21.4. The van der Waals surface area contributed by atoms with E-state index in [9.17, 15) is 9.59 Å². The number of benzene rings is 2. The summed E-state index contributed by atoms with van der Waals surface area (Å²) in [6.07, 6.45) is 2.77. The molecule has 192 valence electrons. The van der Waals surface area contributed by atoms with Crippen molar-refractivity contribution in [1.29, 1.82) is 0 Å². The molecule has 1 amide bonds. The molecule has 9 heteroatoms. The topological polar surface area (TPSA) is 92.1 Å². The molecule has 2 atom stereocenters. The summed E-state index contributed by atoms with van der Waals surface area (Å²) in [5.74, 6) is -0.223. The molecule has 0 saturated carbocycles. The van der Waals surface area contributed by atoms with Crippen LogP contribution in [0.3, 0.4) is 0 Å². The highest BCUT2D eigenvalue weighted by atomic mass is 16.5. The van der Waals surface area contributed by atoms with E-state index in [0.29, 0.717) is 35.3 Å². The van der Waals surface area contributed by atoms with Crippen LogP contribution in [0, 0.1) is 5.92 Å². The second-order valence-electron chi connectivity index (χ2n) is 8.60. The molecule has 0 spiro atoms. The van der Waals surface area contributed by atoms with Gasteiger partial charge in [0.2, 0.25) is 17.6 Å².